The van der Waals surface area contributed by atoms with Gasteiger partial charge >= 0.3 is 0 Å². The summed E-state index contributed by atoms with van der Waals surface area (Å²) >= 11 is 0. The van der Waals surface area contributed by atoms with Crippen molar-refractivity contribution in [2.75, 3.05) is 26.8 Å². The topological polar surface area (TPSA) is 96.9 Å². The molecule has 0 aliphatic heterocycles. The first-order valence-corrected chi connectivity index (χ1v) is 10.1. The molecule has 1 amide bonds. The molecule has 8 nitrogen and oxygen atoms in total. The molecule has 3 N–H and O–H groups in total. The van der Waals surface area contributed by atoms with Gasteiger partial charge in [-0.05, 0) is 30.3 Å². The van der Waals surface area contributed by atoms with E-state index in [0.29, 0.717) is 35.8 Å². The maximum atomic E-state index is 14.5. The van der Waals surface area contributed by atoms with E-state index in [1.54, 1.807) is 13.3 Å². The molecule has 2 aromatic heterocycles. The minimum atomic E-state index is -0.763. The highest BCUT2D eigenvalue weighted by Crippen LogP contribution is 2.35. The number of carbonyl (C=O) groups is 1. The lowest BCUT2D eigenvalue weighted by Crippen LogP contribution is -2.35. The first kappa shape index (κ1) is 22.5. The second-order valence-corrected chi connectivity index (χ2v) is 7.27. The first-order valence-electron chi connectivity index (χ1n) is 10.1. The predicted molar refractivity (Wildman–Crippen MR) is 115 cm³/mol. The summed E-state index contributed by atoms with van der Waals surface area (Å²) in [5.74, 6) is -2.12. The van der Waals surface area contributed by atoms with E-state index in [1.165, 1.54) is 35.0 Å². The molecule has 172 valence electrons. The molecule has 0 bridgehead atoms. The number of carbonyl (C=O) groups excluding carboxylic acids is 1. The van der Waals surface area contributed by atoms with Crippen LogP contribution >= 0.6 is 0 Å². The molecule has 11 heteroatoms. The van der Waals surface area contributed by atoms with E-state index in [4.69, 9.17) is 4.74 Å². The molecular formula is C22H21F3N6O2. The average molecular weight is 458 g/mol. The number of fused-ring (bicyclic) bond motifs is 1. The Bertz CT molecular complexity index is 1270. The molecule has 4 rings (SSSR count). The number of hydrogen-bond acceptors (Lipinski definition) is 5. The second kappa shape index (κ2) is 9.84. The number of methoxy groups -OCH3 is 1. The van der Waals surface area contributed by atoms with Crippen LogP contribution in [0.15, 0.2) is 42.6 Å². The quantitative estimate of drug-likeness (QED) is 0.335. The van der Waals surface area contributed by atoms with Gasteiger partial charge in [0.05, 0.1) is 41.9 Å². The number of ether oxygens (including phenoxy) is 1. The molecule has 0 aliphatic rings. The Morgan fingerprint density at radius 1 is 1.15 bits per heavy atom. The number of amides is 1. The van der Waals surface area contributed by atoms with Gasteiger partial charge in [-0.2, -0.15) is 0 Å². The zero-order chi connectivity index (χ0) is 23.4. The number of aromatic nitrogens is 4. The summed E-state index contributed by atoms with van der Waals surface area (Å²) in [6, 6.07) is 7.58. The van der Waals surface area contributed by atoms with Crippen molar-refractivity contribution in [1.29, 1.82) is 0 Å². The molecule has 0 fully saturated rings. The van der Waals surface area contributed by atoms with Gasteiger partial charge in [0.1, 0.15) is 17.5 Å². The van der Waals surface area contributed by atoms with E-state index in [0.717, 1.165) is 6.07 Å². The number of aromatic amines is 1. The fourth-order valence-electron chi connectivity index (χ4n) is 3.42. The third-order valence-electron chi connectivity index (χ3n) is 4.92. The van der Waals surface area contributed by atoms with Crippen molar-refractivity contribution in [3.63, 3.8) is 0 Å². The van der Waals surface area contributed by atoms with Gasteiger partial charge in [-0.15, -0.1) is 5.10 Å². The number of nitrogens with one attached hydrogen (secondary N) is 3. The maximum absolute atomic E-state index is 14.5. The molecule has 0 atom stereocenters. The second-order valence-electron chi connectivity index (χ2n) is 7.27. The lowest BCUT2D eigenvalue weighted by molar-refractivity contribution is -0.120. The van der Waals surface area contributed by atoms with Crippen LogP contribution in [0.2, 0.25) is 0 Å². The smallest absolute Gasteiger partial charge is 0.234 e. The Balaban J connectivity index is 1.61. The van der Waals surface area contributed by atoms with Gasteiger partial charge in [0.25, 0.3) is 0 Å². The van der Waals surface area contributed by atoms with E-state index >= 15 is 0 Å². The number of halogens is 3. The minimum absolute atomic E-state index is 0.0703. The molecule has 0 unspecified atom stereocenters. The molecule has 0 spiro atoms. The van der Waals surface area contributed by atoms with Gasteiger partial charge in [-0.1, -0.05) is 5.21 Å². The van der Waals surface area contributed by atoms with Gasteiger partial charge in [-0.25, -0.2) is 17.9 Å². The monoisotopic (exact) mass is 458 g/mol. The molecule has 2 heterocycles. The number of rotatable bonds is 9. The highest BCUT2D eigenvalue weighted by Gasteiger charge is 2.20. The minimum Gasteiger partial charge on any atom is -0.383 e. The van der Waals surface area contributed by atoms with Gasteiger partial charge in [0.15, 0.2) is 0 Å². The molecule has 0 saturated carbocycles. The lowest BCUT2D eigenvalue weighted by atomic mass is 10.1. The van der Waals surface area contributed by atoms with Crippen molar-refractivity contribution in [3.8, 4) is 16.9 Å². The van der Waals surface area contributed by atoms with Crippen LogP contribution in [0.3, 0.4) is 0 Å². The highest BCUT2D eigenvalue weighted by molar-refractivity contribution is 5.96. The Kier molecular flexibility index (Phi) is 6.71. The zero-order valence-electron chi connectivity index (χ0n) is 17.7. The third-order valence-corrected chi connectivity index (χ3v) is 4.92. The van der Waals surface area contributed by atoms with Crippen LogP contribution in [-0.2, 0) is 16.1 Å². The molecule has 2 aromatic carbocycles. The van der Waals surface area contributed by atoms with Crippen LogP contribution < -0.4 is 10.6 Å². The number of nitrogens with zero attached hydrogens (tertiary/aromatic N) is 3. The van der Waals surface area contributed by atoms with Crippen molar-refractivity contribution < 1.29 is 22.7 Å². The van der Waals surface area contributed by atoms with E-state index in [-0.39, 0.29) is 29.9 Å². The molecule has 0 aliphatic carbocycles. The van der Waals surface area contributed by atoms with Crippen molar-refractivity contribution in [2.24, 2.45) is 0 Å². The Labute approximate surface area is 186 Å². The first-order chi connectivity index (χ1) is 16.0. The molecular weight excluding hydrogens is 437 g/mol. The summed E-state index contributed by atoms with van der Waals surface area (Å²) in [6.45, 7) is 1.14. The number of hydrogen-bond donors (Lipinski definition) is 3. The largest absolute Gasteiger partial charge is 0.383 e. The van der Waals surface area contributed by atoms with Crippen LogP contribution in [0.5, 0.6) is 0 Å². The van der Waals surface area contributed by atoms with Crippen molar-refractivity contribution in [3.05, 3.63) is 65.7 Å². The van der Waals surface area contributed by atoms with Crippen LogP contribution in [0, 0.1) is 17.5 Å². The van der Waals surface area contributed by atoms with Crippen LogP contribution in [0.25, 0.3) is 27.8 Å². The zero-order valence-corrected chi connectivity index (χ0v) is 17.7. The SMILES string of the molecule is COCCNC(=O)CNCc1cn(-c2c(-c3ccc(F)cc3)[nH]c3c(F)cc(F)cc23)nn1. The van der Waals surface area contributed by atoms with Crippen molar-refractivity contribution >= 4 is 16.8 Å². The highest BCUT2D eigenvalue weighted by atomic mass is 19.1. The predicted octanol–water partition coefficient (Wildman–Crippen LogP) is 2.69. The van der Waals surface area contributed by atoms with E-state index in [9.17, 15) is 18.0 Å². The molecule has 0 saturated heterocycles. The van der Waals surface area contributed by atoms with Crippen LogP contribution in [-0.4, -0.2) is 52.7 Å². The molecule has 4 aromatic rings. The normalized spacial score (nSPS) is 11.3. The summed E-state index contributed by atoms with van der Waals surface area (Å²) in [7, 11) is 1.55. The average Bonchev–Trinajstić information content (AvgIpc) is 3.39. The van der Waals surface area contributed by atoms with Gasteiger partial charge in [0, 0.05) is 37.2 Å². The Morgan fingerprint density at radius 3 is 2.70 bits per heavy atom. The summed E-state index contributed by atoms with van der Waals surface area (Å²) in [5.41, 5.74) is 1.96. The Hall–Kier alpha value is -3.70. The summed E-state index contributed by atoms with van der Waals surface area (Å²) in [4.78, 5) is 14.7. The van der Waals surface area contributed by atoms with E-state index in [1.807, 2.05) is 0 Å². The molecule has 33 heavy (non-hydrogen) atoms. The summed E-state index contributed by atoms with van der Waals surface area (Å²) < 4.78 is 48.2. The van der Waals surface area contributed by atoms with Crippen molar-refractivity contribution in [1.82, 2.24) is 30.6 Å². The molecule has 0 radical (unpaired) electrons. The number of benzene rings is 2. The van der Waals surface area contributed by atoms with E-state index in [2.05, 4.69) is 25.9 Å². The fraction of sp³-hybridized carbons (Fsp3) is 0.227. The fourth-order valence-corrected chi connectivity index (χ4v) is 3.42. The van der Waals surface area contributed by atoms with Crippen LogP contribution in [0.1, 0.15) is 5.69 Å². The van der Waals surface area contributed by atoms with Gasteiger partial charge in [0.2, 0.25) is 5.91 Å². The van der Waals surface area contributed by atoms with E-state index < -0.39 is 17.5 Å². The Morgan fingerprint density at radius 2 is 1.94 bits per heavy atom. The van der Waals surface area contributed by atoms with Gasteiger partial charge < -0.3 is 20.4 Å². The third kappa shape index (κ3) is 5.04. The lowest BCUT2D eigenvalue weighted by Gasteiger charge is -2.05. The van der Waals surface area contributed by atoms with Crippen LogP contribution in [0.4, 0.5) is 13.2 Å². The van der Waals surface area contributed by atoms with Gasteiger partial charge in [-0.3, -0.25) is 4.79 Å². The standard InChI is InChI=1S/C22H21F3N6O2/c1-33-7-6-27-19(32)11-26-10-16-12-31(30-29-16)22-17-8-15(24)9-18(25)21(17)28-20(22)13-2-4-14(23)5-3-13/h2-5,8-9,12,26,28H,6-7,10-11H2,1H3,(H,27,32). The summed E-state index contributed by atoms with van der Waals surface area (Å²) in [5, 5.41) is 14.1. The number of H-pyrrole nitrogens is 1. The van der Waals surface area contributed by atoms with Crippen molar-refractivity contribution in [2.45, 2.75) is 6.54 Å². The maximum Gasteiger partial charge on any atom is 0.234 e. The summed E-state index contributed by atoms with van der Waals surface area (Å²) in [6.07, 6.45) is 1.59.